The van der Waals surface area contributed by atoms with Gasteiger partial charge in [0.15, 0.2) is 0 Å². The third kappa shape index (κ3) is 31.3. The number of carbonyl (C=O) groups excluding carboxylic acids is 3. The molecule has 0 heterocycles. The minimum atomic E-state index is -1.52. The summed E-state index contributed by atoms with van der Waals surface area (Å²) in [5, 5.41) is 39.8. The molecule has 0 bridgehead atoms. The van der Waals surface area contributed by atoms with Gasteiger partial charge >= 0.3 is 160 Å². The van der Waals surface area contributed by atoms with Crippen molar-refractivity contribution in [2.45, 2.75) is 0 Å². The Hall–Kier alpha value is 2.59. The van der Waals surface area contributed by atoms with Crippen molar-refractivity contribution in [3.8, 4) is 0 Å². The van der Waals surface area contributed by atoms with Crippen LogP contribution in [0.2, 0.25) is 0 Å². The maximum absolute atomic E-state index is 10.5. The number of carboxylic acid groups (broad SMARTS) is 4. The van der Waals surface area contributed by atoms with Gasteiger partial charge in [0.1, 0.15) is 0 Å². The molecule has 13 nitrogen and oxygen atoms in total. The van der Waals surface area contributed by atoms with Crippen molar-refractivity contribution < 1.29 is 210 Å². The normalized spacial score (nSPS) is 8.23. The molecule has 0 radical (unpaired) electrons. The van der Waals surface area contributed by atoms with Gasteiger partial charge in [0.05, 0.1) is 24.5 Å². The van der Waals surface area contributed by atoms with Gasteiger partial charge in [-0.1, -0.05) is 0 Å². The molecule has 26 heavy (non-hydrogen) atoms. The Bertz CT molecular complexity index is 332. The maximum Gasteiger partial charge on any atom is 1.00 e. The monoisotopic (exact) mass is 460 g/mol. The molecular weight excluding hydrogens is 441 g/mol. The second-order valence-corrected chi connectivity index (χ2v) is 3.93. The average molecular weight is 461 g/mol. The van der Waals surface area contributed by atoms with Gasteiger partial charge in [-0.25, -0.2) is 0 Å². The summed E-state index contributed by atoms with van der Waals surface area (Å²) in [6.45, 7) is -3.00. The smallest absolute Gasteiger partial charge is 0.549 e. The Balaban J connectivity index is -0.000000120. The fourth-order valence-corrected chi connectivity index (χ4v) is 1.45. The summed E-state index contributed by atoms with van der Waals surface area (Å²) >= 11 is 0. The summed E-state index contributed by atoms with van der Waals surface area (Å²) in [5.41, 5.74) is 0. The number of rotatable bonds is 11. The molecule has 0 atom stereocenters. The van der Waals surface area contributed by atoms with Crippen LogP contribution in [0, 0.1) is 0 Å². The van der Waals surface area contributed by atoms with E-state index in [1.54, 1.807) is 0 Å². The van der Waals surface area contributed by atoms with Crippen molar-refractivity contribution in [1.82, 2.24) is 9.80 Å². The van der Waals surface area contributed by atoms with E-state index in [-0.39, 0.29) is 184 Å². The van der Waals surface area contributed by atoms with Crippen LogP contribution >= 0.6 is 0 Å². The second kappa shape index (κ2) is 27.6. The quantitative estimate of drug-likeness (QED) is 0.284. The summed E-state index contributed by atoms with van der Waals surface area (Å²) in [7, 11) is 0. The summed E-state index contributed by atoms with van der Waals surface area (Å²) < 4.78 is 0. The van der Waals surface area contributed by atoms with E-state index in [2.05, 4.69) is 0 Å². The van der Waals surface area contributed by atoms with Crippen molar-refractivity contribution in [1.29, 1.82) is 0 Å². The summed E-state index contributed by atoms with van der Waals surface area (Å²) in [6.07, 6.45) is 0. The van der Waals surface area contributed by atoms with Gasteiger partial charge < -0.3 is 51.2 Å². The molecule has 138 valence electrons. The first-order chi connectivity index (χ1) is 9.20. The van der Waals surface area contributed by atoms with Crippen LogP contribution in [0.3, 0.4) is 0 Å². The van der Waals surface area contributed by atoms with Crippen LogP contribution in [0.1, 0.15) is 0 Å². The van der Waals surface area contributed by atoms with E-state index < -0.39 is 50.1 Å². The van der Waals surface area contributed by atoms with Crippen LogP contribution in [-0.2, 0) is 19.2 Å². The van der Waals surface area contributed by atoms with Crippen LogP contribution in [-0.4, -0.2) is 94.5 Å². The summed E-state index contributed by atoms with van der Waals surface area (Å²) in [6, 6.07) is 0. The van der Waals surface area contributed by atoms with E-state index in [0.29, 0.717) is 0 Å². The molecule has 0 aromatic heterocycles. The molecule has 0 rings (SSSR count). The minimum Gasteiger partial charge on any atom is -0.549 e. The zero-order valence-electron chi connectivity index (χ0n) is 14.9. The van der Waals surface area contributed by atoms with Crippen molar-refractivity contribution >= 4 is 23.9 Å². The molecule has 0 unspecified atom stereocenters. The number of hydrogen-bond acceptors (Lipinski definition) is 9. The van der Waals surface area contributed by atoms with Crippen molar-refractivity contribution in [3.63, 3.8) is 0 Å². The number of aliphatic carboxylic acids is 4. The van der Waals surface area contributed by atoms with E-state index in [1.807, 2.05) is 0 Å². The molecule has 0 aliphatic heterocycles. The predicted molar refractivity (Wildman–Crippen MR) is 66.4 cm³/mol. The maximum atomic E-state index is 10.5. The Labute approximate surface area is 277 Å². The van der Waals surface area contributed by atoms with Crippen LogP contribution in [0.25, 0.3) is 0 Å². The van der Waals surface area contributed by atoms with E-state index in [1.165, 1.54) is 0 Å². The molecule has 0 spiro atoms. The van der Waals surface area contributed by atoms with Gasteiger partial charge in [0, 0.05) is 32.7 Å². The van der Waals surface area contributed by atoms with Gasteiger partial charge in [-0.05, 0) is 0 Å². The molecular formula is C10H19K3N2O11. The first kappa shape index (κ1) is 46.7. The molecule has 0 aliphatic carbocycles. The Kier molecular flexibility index (Phi) is 49.5. The fourth-order valence-electron chi connectivity index (χ4n) is 1.45. The van der Waals surface area contributed by atoms with E-state index in [9.17, 15) is 34.5 Å². The second-order valence-electron chi connectivity index (χ2n) is 3.93. The third-order valence-electron chi connectivity index (χ3n) is 2.15. The van der Waals surface area contributed by atoms with Crippen LogP contribution in [0.4, 0.5) is 0 Å². The van der Waals surface area contributed by atoms with Gasteiger partial charge in [-0.3, -0.25) is 14.6 Å². The zero-order valence-corrected chi connectivity index (χ0v) is 24.3. The molecule has 0 saturated heterocycles. The standard InChI is InChI=1S/C10H16N2O8.3K.3H2O/c13-7(14)3-11(4-8(15)16)1-2-12(5-9(17)18)6-10(19)20;;;;;;/h1-6H2,(H,13,14)(H,15,16)(H,17,18)(H,19,20);;;;3*1H2/q;3*+1;;;/p-3. The fraction of sp³-hybridized carbons (Fsp3) is 0.600. The largest absolute Gasteiger partial charge is 1.00 e. The van der Waals surface area contributed by atoms with Gasteiger partial charge in [0.25, 0.3) is 0 Å². The topological polar surface area (TPSA) is 259 Å². The SMILES string of the molecule is O.O.O.O=C([O-])CN(CCN(CC(=O)[O-])CC(=O)O)CC(=O)[O-].[K+].[K+].[K+]. The van der Waals surface area contributed by atoms with Crippen molar-refractivity contribution in [2.75, 3.05) is 39.3 Å². The number of carbonyl (C=O) groups is 4. The van der Waals surface area contributed by atoms with Gasteiger partial charge in [-0.15, -0.1) is 0 Å². The van der Waals surface area contributed by atoms with Crippen LogP contribution in [0.15, 0.2) is 0 Å². The Morgan fingerprint density at radius 3 is 1.04 bits per heavy atom. The number of hydrogen-bond donors (Lipinski definition) is 1. The molecule has 0 aromatic rings. The Morgan fingerprint density at radius 2 is 0.846 bits per heavy atom. The molecule has 7 N–H and O–H groups in total. The Morgan fingerprint density at radius 1 is 0.615 bits per heavy atom. The molecule has 0 aliphatic rings. The van der Waals surface area contributed by atoms with Crippen molar-refractivity contribution in [2.24, 2.45) is 0 Å². The minimum absolute atomic E-state index is 0. The first-order valence-electron chi connectivity index (χ1n) is 5.46. The zero-order chi connectivity index (χ0) is 15.7. The molecule has 0 saturated carbocycles. The first-order valence-corrected chi connectivity index (χ1v) is 5.46. The average Bonchev–Trinajstić information content (AvgIpc) is 2.22. The predicted octanol–water partition coefficient (Wildman–Crippen LogP) is -17.5. The van der Waals surface area contributed by atoms with Crippen molar-refractivity contribution in [3.05, 3.63) is 0 Å². The van der Waals surface area contributed by atoms with E-state index in [0.717, 1.165) is 9.80 Å². The molecule has 16 heteroatoms. The number of nitrogens with zero attached hydrogens (tertiary/aromatic N) is 2. The van der Waals surface area contributed by atoms with Crippen LogP contribution < -0.4 is 169 Å². The van der Waals surface area contributed by atoms with Gasteiger partial charge in [-0.2, -0.15) is 0 Å². The summed E-state index contributed by atoms with van der Waals surface area (Å²) in [5.74, 6) is -5.82. The molecule has 0 aromatic carbocycles. The molecule has 0 fully saturated rings. The van der Waals surface area contributed by atoms with E-state index in [4.69, 9.17) is 5.11 Å². The van der Waals surface area contributed by atoms with E-state index >= 15 is 0 Å². The molecule has 0 amide bonds. The number of carboxylic acids is 4. The van der Waals surface area contributed by atoms with Gasteiger partial charge in [0.2, 0.25) is 0 Å². The van der Waals surface area contributed by atoms with Crippen LogP contribution in [0.5, 0.6) is 0 Å². The third-order valence-corrected chi connectivity index (χ3v) is 2.15. The summed E-state index contributed by atoms with van der Waals surface area (Å²) in [4.78, 5) is 43.7.